The fraction of sp³-hybridized carbons (Fsp3) is 0.304. The van der Waals surface area contributed by atoms with Crippen LogP contribution < -0.4 is 10.1 Å². The van der Waals surface area contributed by atoms with Crippen molar-refractivity contribution in [3.63, 3.8) is 0 Å². The molecule has 166 valence electrons. The molecular weight excluding hydrogens is 418 g/mol. The van der Waals surface area contributed by atoms with Crippen LogP contribution in [0.2, 0.25) is 0 Å². The molecule has 0 saturated heterocycles. The van der Waals surface area contributed by atoms with Crippen LogP contribution in [0.25, 0.3) is 27.7 Å². The molecule has 0 spiro atoms. The number of nitrogens with one attached hydrogen (secondary N) is 1. The Balaban J connectivity index is 1.61. The Bertz CT molecular complexity index is 1280. The topological polar surface area (TPSA) is 91.9 Å². The van der Waals surface area contributed by atoms with Gasteiger partial charge >= 0.3 is 6.61 Å². The van der Waals surface area contributed by atoms with Crippen molar-refractivity contribution >= 4 is 22.2 Å². The zero-order chi connectivity index (χ0) is 22.4. The van der Waals surface area contributed by atoms with Gasteiger partial charge in [-0.1, -0.05) is 37.3 Å². The van der Waals surface area contributed by atoms with Gasteiger partial charge in [0.15, 0.2) is 5.65 Å². The molecule has 5 rings (SSSR count). The van der Waals surface area contributed by atoms with Crippen LogP contribution in [0, 0.1) is 5.92 Å². The number of rotatable bonds is 5. The predicted octanol–water partition coefficient (Wildman–Crippen LogP) is 3.69. The summed E-state index contributed by atoms with van der Waals surface area (Å²) in [5.74, 6) is 0.556. The summed E-state index contributed by atoms with van der Waals surface area (Å²) < 4.78 is 32.6. The minimum atomic E-state index is -2.97. The van der Waals surface area contributed by atoms with E-state index >= 15 is 0 Å². The van der Waals surface area contributed by atoms with E-state index in [0.717, 1.165) is 10.8 Å². The normalized spacial score (nSPS) is 23.3. The zero-order valence-corrected chi connectivity index (χ0v) is 17.2. The number of alkyl halides is 2. The highest BCUT2D eigenvalue weighted by atomic mass is 19.3. The molecule has 2 heterocycles. The summed E-state index contributed by atoms with van der Waals surface area (Å²) in [4.78, 5) is 4.34. The van der Waals surface area contributed by atoms with Crippen LogP contribution in [-0.4, -0.2) is 49.7 Å². The third-order valence-electron chi connectivity index (χ3n) is 6.03. The average Bonchev–Trinajstić information content (AvgIpc) is 3.30. The maximum atomic E-state index is 13.1. The number of aromatic nitrogens is 3. The van der Waals surface area contributed by atoms with E-state index in [1.165, 1.54) is 6.07 Å². The van der Waals surface area contributed by atoms with Gasteiger partial charge in [0.05, 0.1) is 23.4 Å². The average molecular weight is 440 g/mol. The number of halogens is 2. The van der Waals surface area contributed by atoms with Gasteiger partial charge in [0.2, 0.25) is 0 Å². The van der Waals surface area contributed by atoms with Crippen molar-refractivity contribution in [2.24, 2.45) is 5.92 Å². The summed E-state index contributed by atoms with van der Waals surface area (Å²) in [6.45, 7) is -1.09. The van der Waals surface area contributed by atoms with Crippen LogP contribution in [0.1, 0.15) is 13.3 Å². The highest BCUT2D eigenvalue weighted by molar-refractivity contribution is 5.99. The minimum absolute atomic E-state index is 0.0276. The number of nitrogens with zero attached hydrogens (tertiary/aromatic N) is 3. The van der Waals surface area contributed by atoms with Gasteiger partial charge in [-0.25, -0.2) is 4.98 Å². The van der Waals surface area contributed by atoms with Crippen molar-refractivity contribution in [2.75, 3.05) is 5.32 Å². The first-order chi connectivity index (χ1) is 15.4. The van der Waals surface area contributed by atoms with Crippen molar-refractivity contribution in [1.82, 2.24) is 14.6 Å². The van der Waals surface area contributed by atoms with E-state index in [1.54, 1.807) is 28.9 Å². The van der Waals surface area contributed by atoms with Crippen LogP contribution >= 0.6 is 0 Å². The van der Waals surface area contributed by atoms with Gasteiger partial charge in [-0.05, 0) is 35.2 Å². The fourth-order valence-corrected chi connectivity index (χ4v) is 4.42. The summed E-state index contributed by atoms with van der Waals surface area (Å²) >= 11 is 0. The molecule has 2 aromatic heterocycles. The largest absolute Gasteiger partial charge is 0.434 e. The maximum Gasteiger partial charge on any atom is 0.387 e. The molecule has 0 radical (unpaired) electrons. The van der Waals surface area contributed by atoms with E-state index in [1.807, 2.05) is 31.2 Å². The second-order valence-corrected chi connectivity index (χ2v) is 8.11. The molecule has 1 fully saturated rings. The predicted molar refractivity (Wildman–Crippen MR) is 116 cm³/mol. The van der Waals surface area contributed by atoms with Crippen molar-refractivity contribution < 1.29 is 23.7 Å². The van der Waals surface area contributed by atoms with Gasteiger partial charge in [-0.3, -0.25) is 0 Å². The van der Waals surface area contributed by atoms with E-state index in [2.05, 4.69) is 15.4 Å². The molecule has 0 aliphatic heterocycles. The first-order valence-electron chi connectivity index (χ1n) is 10.4. The third-order valence-corrected chi connectivity index (χ3v) is 6.03. The second-order valence-electron chi connectivity index (χ2n) is 8.11. The maximum absolute atomic E-state index is 13.1. The number of hydrogen-bond acceptors (Lipinski definition) is 6. The van der Waals surface area contributed by atoms with Crippen molar-refractivity contribution in [3.05, 3.63) is 54.7 Å². The molecule has 4 aromatic rings. The SMILES string of the molecule is C[C@@H]1C[C@@H](Nc2ccnc3cc(-c4c(OC(F)F)ccc5ccccc45)nn23)[C@H](O)[C@@H]1O. The Morgan fingerprint density at radius 3 is 2.69 bits per heavy atom. The Morgan fingerprint density at radius 1 is 1.12 bits per heavy atom. The smallest absolute Gasteiger partial charge is 0.387 e. The van der Waals surface area contributed by atoms with Gasteiger partial charge in [-0.2, -0.15) is 18.4 Å². The second kappa shape index (κ2) is 7.99. The number of ether oxygens (including phenoxy) is 1. The number of fused-ring (bicyclic) bond motifs is 2. The molecule has 0 unspecified atom stereocenters. The van der Waals surface area contributed by atoms with E-state index in [4.69, 9.17) is 4.74 Å². The van der Waals surface area contributed by atoms with Crippen molar-refractivity contribution in [3.8, 4) is 17.0 Å². The molecule has 7 nitrogen and oxygen atoms in total. The molecule has 2 aromatic carbocycles. The molecule has 1 aliphatic rings. The number of aliphatic hydroxyl groups excluding tert-OH is 2. The lowest BCUT2D eigenvalue weighted by Gasteiger charge is -2.19. The quantitative estimate of drug-likeness (QED) is 0.438. The molecular formula is C23H22F2N4O3. The highest BCUT2D eigenvalue weighted by Gasteiger charge is 2.39. The molecule has 0 amide bonds. The lowest BCUT2D eigenvalue weighted by molar-refractivity contribution is -0.0493. The summed E-state index contributed by atoms with van der Waals surface area (Å²) in [7, 11) is 0. The van der Waals surface area contributed by atoms with Crippen LogP contribution in [-0.2, 0) is 0 Å². The minimum Gasteiger partial charge on any atom is -0.434 e. The first kappa shape index (κ1) is 20.6. The van der Waals surface area contributed by atoms with E-state index in [-0.39, 0.29) is 17.7 Å². The Labute approximate surface area is 182 Å². The summed E-state index contributed by atoms with van der Waals surface area (Å²) in [6.07, 6.45) is 0.482. The van der Waals surface area contributed by atoms with E-state index < -0.39 is 18.8 Å². The third kappa shape index (κ3) is 3.53. The molecule has 3 N–H and O–H groups in total. The summed E-state index contributed by atoms with van der Waals surface area (Å²) in [6, 6.07) is 13.7. The highest BCUT2D eigenvalue weighted by Crippen LogP contribution is 2.38. The number of hydrogen-bond donors (Lipinski definition) is 3. The molecule has 9 heteroatoms. The van der Waals surface area contributed by atoms with Gasteiger partial charge in [-0.15, -0.1) is 0 Å². The van der Waals surface area contributed by atoms with E-state index in [0.29, 0.717) is 29.1 Å². The van der Waals surface area contributed by atoms with Gasteiger partial charge in [0.1, 0.15) is 17.7 Å². The Hall–Kier alpha value is -3.30. The van der Waals surface area contributed by atoms with Crippen LogP contribution in [0.3, 0.4) is 0 Å². The fourth-order valence-electron chi connectivity index (χ4n) is 4.42. The Morgan fingerprint density at radius 2 is 1.94 bits per heavy atom. The standard InChI is InChI=1S/C23H22F2N4O3/c1-12-10-16(22(31)21(12)30)27-18-8-9-26-19-11-15(28-29(18)19)20-14-5-3-2-4-13(14)6-7-17(20)32-23(24)25/h2-9,11-12,16,21-23,27,30-31H,10H2,1H3/t12-,16-,21-,22+/m1/s1. The monoisotopic (exact) mass is 440 g/mol. The summed E-state index contributed by atoms with van der Waals surface area (Å²) in [5, 5.41) is 29.9. The van der Waals surface area contributed by atoms with E-state index in [9.17, 15) is 19.0 Å². The van der Waals surface area contributed by atoms with Gasteiger partial charge in [0, 0.05) is 12.3 Å². The number of benzene rings is 2. The zero-order valence-electron chi connectivity index (χ0n) is 17.2. The van der Waals surface area contributed by atoms with Gasteiger partial charge in [0.25, 0.3) is 0 Å². The summed E-state index contributed by atoms with van der Waals surface area (Å²) in [5.41, 5.74) is 1.38. The molecule has 0 bridgehead atoms. The van der Waals surface area contributed by atoms with Crippen LogP contribution in [0.15, 0.2) is 54.7 Å². The lowest BCUT2D eigenvalue weighted by Crippen LogP contribution is -2.35. The Kier molecular flexibility index (Phi) is 5.15. The first-order valence-corrected chi connectivity index (χ1v) is 10.4. The lowest BCUT2D eigenvalue weighted by atomic mass is 10.0. The van der Waals surface area contributed by atoms with Crippen LogP contribution in [0.4, 0.5) is 14.6 Å². The van der Waals surface area contributed by atoms with Crippen molar-refractivity contribution in [1.29, 1.82) is 0 Å². The van der Waals surface area contributed by atoms with Gasteiger partial charge < -0.3 is 20.3 Å². The van der Waals surface area contributed by atoms with Crippen molar-refractivity contribution in [2.45, 2.75) is 38.2 Å². The molecule has 4 atom stereocenters. The number of aliphatic hydroxyl groups is 2. The van der Waals surface area contributed by atoms with Crippen LogP contribution in [0.5, 0.6) is 5.75 Å². The molecule has 1 saturated carbocycles. The molecule has 1 aliphatic carbocycles. The number of anilines is 1. The molecule has 32 heavy (non-hydrogen) atoms.